The van der Waals surface area contributed by atoms with Crippen LogP contribution in [0, 0.1) is 0 Å². The zero-order chi connectivity index (χ0) is 13.0. The summed E-state index contributed by atoms with van der Waals surface area (Å²) in [6, 6.07) is 8.56. The quantitative estimate of drug-likeness (QED) is 0.777. The molecule has 2 rings (SSSR count). The molecule has 1 fully saturated rings. The number of hydrogen-bond acceptors (Lipinski definition) is 4. The molecule has 1 aliphatic rings. The summed E-state index contributed by atoms with van der Waals surface area (Å²) < 4.78 is 0. The lowest BCUT2D eigenvalue weighted by molar-refractivity contribution is -0.127. The van der Waals surface area contributed by atoms with Crippen LogP contribution in [-0.4, -0.2) is 41.4 Å². The molecule has 2 nitrogen and oxygen atoms in total. The van der Waals surface area contributed by atoms with Crippen LogP contribution in [0.2, 0.25) is 0 Å². The Morgan fingerprint density at radius 3 is 2.67 bits per heavy atom. The number of amides is 1. The molecule has 0 aromatic heterocycles. The second kappa shape index (κ2) is 6.78. The lowest BCUT2D eigenvalue weighted by Crippen LogP contribution is -2.30. The fourth-order valence-corrected chi connectivity index (χ4v) is 3.94. The maximum absolute atomic E-state index is 11.9. The average Bonchev–Trinajstić information content (AvgIpc) is 2.78. The average molecular weight is 299 g/mol. The van der Waals surface area contributed by atoms with Crippen LogP contribution in [0.1, 0.15) is 10.9 Å². The van der Waals surface area contributed by atoms with E-state index in [2.05, 4.69) is 36.8 Å². The van der Waals surface area contributed by atoms with Crippen molar-refractivity contribution in [2.24, 2.45) is 0 Å². The summed E-state index contributed by atoms with van der Waals surface area (Å²) in [4.78, 5) is 15.2. The van der Waals surface area contributed by atoms with E-state index in [1.54, 1.807) is 35.3 Å². The molecule has 0 spiro atoms. The zero-order valence-corrected chi connectivity index (χ0v) is 13.0. The summed E-state index contributed by atoms with van der Waals surface area (Å²) in [6.45, 7) is 0.849. The molecule has 1 unspecified atom stereocenters. The summed E-state index contributed by atoms with van der Waals surface area (Å²) in [5.41, 5.74) is 1.24. The summed E-state index contributed by atoms with van der Waals surface area (Å²) in [5.74, 6) is 1.89. The Kier molecular flexibility index (Phi) is 5.33. The Labute approximate surface area is 121 Å². The van der Waals surface area contributed by atoms with E-state index in [1.165, 1.54) is 10.5 Å². The summed E-state index contributed by atoms with van der Waals surface area (Å²) in [5, 5.41) is 0.209. The molecule has 1 atom stereocenters. The highest BCUT2D eigenvalue weighted by molar-refractivity contribution is 8.00. The highest BCUT2D eigenvalue weighted by Gasteiger charge is 2.32. The monoisotopic (exact) mass is 299 g/mol. The maximum atomic E-state index is 11.9. The van der Waals surface area contributed by atoms with Crippen molar-refractivity contribution in [3.8, 4) is 0 Å². The smallest absolute Gasteiger partial charge is 0.233 e. The summed E-state index contributed by atoms with van der Waals surface area (Å²) in [6.07, 6.45) is 4.16. The van der Waals surface area contributed by atoms with E-state index in [0.29, 0.717) is 5.75 Å². The molecule has 1 saturated heterocycles. The second-order valence-corrected chi connectivity index (χ2v) is 6.95. The van der Waals surface area contributed by atoms with Gasteiger partial charge in [-0.1, -0.05) is 12.1 Å². The van der Waals surface area contributed by atoms with Gasteiger partial charge in [-0.05, 0) is 30.2 Å². The number of rotatable bonds is 5. The normalized spacial score (nSPS) is 19.6. The number of hydrogen-bond donors (Lipinski definition) is 0. The minimum atomic E-state index is 0.209. The SMILES string of the molecule is CSCCN1C(=O)CSC1c1ccc(SC)cc1. The van der Waals surface area contributed by atoms with Gasteiger partial charge in [0.2, 0.25) is 5.91 Å². The molecule has 5 heteroatoms. The van der Waals surface area contributed by atoms with Crippen molar-refractivity contribution in [2.45, 2.75) is 10.3 Å². The molecule has 0 aliphatic carbocycles. The molecule has 1 heterocycles. The first kappa shape index (κ1) is 14.2. The van der Waals surface area contributed by atoms with Gasteiger partial charge in [0, 0.05) is 17.2 Å². The van der Waals surface area contributed by atoms with Gasteiger partial charge >= 0.3 is 0 Å². The summed E-state index contributed by atoms with van der Waals surface area (Å²) >= 11 is 5.27. The van der Waals surface area contributed by atoms with Crippen LogP contribution < -0.4 is 0 Å². The highest BCUT2D eigenvalue weighted by Crippen LogP contribution is 2.38. The maximum Gasteiger partial charge on any atom is 0.233 e. The Balaban J connectivity index is 2.12. The van der Waals surface area contributed by atoms with Gasteiger partial charge < -0.3 is 4.90 Å². The largest absolute Gasteiger partial charge is 0.325 e. The van der Waals surface area contributed by atoms with Gasteiger partial charge in [-0.3, -0.25) is 4.79 Å². The van der Waals surface area contributed by atoms with E-state index in [1.807, 2.05) is 4.90 Å². The standard InChI is InChI=1S/C13H17NOS3/c1-16-8-7-14-12(15)9-18-13(14)10-3-5-11(17-2)6-4-10/h3-6,13H,7-9H2,1-2H3. The van der Waals surface area contributed by atoms with Crippen molar-refractivity contribution < 1.29 is 4.79 Å². The Morgan fingerprint density at radius 2 is 2.06 bits per heavy atom. The lowest BCUT2D eigenvalue weighted by atomic mass is 10.2. The molecule has 0 N–H and O–H groups in total. The Bertz CT molecular complexity index is 407. The van der Waals surface area contributed by atoms with Gasteiger partial charge in [0.1, 0.15) is 5.37 Å². The van der Waals surface area contributed by atoms with Crippen molar-refractivity contribution in [2.75, 3.05) is 30.6 Å². The van der Waals surface area contributed by atoms with Crippen LogP contribution in [0.5, 0.6) is 0 Å². The van der Waals surface area contributed by atoms with Gasteiger partial charge in [0.05, 0.1) is 5.75 Å². The first-order valence-electron chi connectivity index (χ1n) is 5.80. The molecule has 0 radical (unpaired) electrons. The van der Waals surface area contributed by atoms with Crippen molar-refractivity contribution in [1.82, 2.24) is 4.90 Å². The van der Waals surface area contributed by atoms with Gasteiger partial charge in [-0.25, -0.2) is 0 Å². The summed E-state index contributed by atoms with van der Waals surface area (Å²) in [7, 11) is 0. The fraction of sp³-hybridized carbons (Fsp3) is 0.462. The molecule has 18 heavy (non-hydrogen) atoms. The molecule has 1 aliphatic heterocycles. The van der Waals surface area contributed by atoms with E-state index in [4.69, 9.17) is 0 Å². The molecular formula is C13H17NOS3. The first-order chi connectivity index (χ1) is 8.76. The van der Waals surface area contributed by atoms with Crippen LogP contribution in [0.4, 0.5) is 0 Å². The van der Waals surface area contributed by atoms with Crippen LogP contribution in [0.3, 0.4) is 0 Å². The third kappa shape index (κ3) is 3.19. The third-order valence-electron chi connectivity index (χ3n) is 2.91. The molecular weight excluding hydrogens is 282 g/mol. The van der Waals surface area contributed by atoms with Gasteiger partial charge in [-0.2, -0.15) is 11.8 Å². The van der Waals surface area contributed by atoms with E-state index < -0.39 is 0 Å². The predicted octanol–water partition coefficient (Wildman–Crippen LogP) is 3.35. The topological polar surface area (TPSA) is 20.3 Å². The van der Waals surface area contributed by atoms with Gasteiger partial charge in [0.15, 0.2) is 0 Å². The predicted molar refractivity (Wildman–Crippen MR) is 83.5 cm³/mol. The van der Waals surface area contributed by atoms with Crippen LogP contribution in [0.15, 0.2) is 29.2 Å². The first-order valence-corrected chi connectivity index (χ1v) is 9.47. The zero-order valence-electron chi connectivity index (χ0n) is 10.6. The minimum absolute atomic E-state index is 0.209. The number of benzene rings is 1. The Hall–Kier alpha value is -0.260. The van der Waals surface area contributed by atoms with Crippen LogP contribution >= 0.6 is 35.3 Å². The van der Waals surface area contributed by atoms with Crippen molar-refractivity contribution in [1.29, 1.82) is 0 Å². The second-order valence-electron chi connectivity index (χ2n) is 4.02. The molecule has 1 aromatic rings. The van der Waals surface area contributed by atoms with Gasteiger partial charge in [-0.15, -0.1) is 23.5 Å². The van der Waals surface area contributed by atoms with E-state index in [9.17, 15) is 4.79 Å². The van der Waals surface area contributed by atoms with Crippen LogP contribution in [-0.2, 0) is 4.79 Å². The molecule has 0 bridgehead atoms. The van der Waals surface area contributed by atoms with Crippen molar-refractivity contribution >= 4 is 41.2 Å². The van der Waals surface area contributed by atoms with E-state index in [0.717, 1.165) is 12.3 Å². The molecule has 1 amide bonds. The lowest BCUT2D eigenvalue weighted by Gasteiger charge is -2.24. The van der Waals surface area contributed by atoms with Crippen LogP contribution in [0.25, 0.3) is 0 Å². The minimum Gasteiger partial charge on any atom is -0.325 e. The van der Waals surface area contributed by atoms with Gasteiger partial charge in [0.25, 0.3) is 0 Å². The fourth-order valence-electron chi connectivity index (χ4n) is 1.93. The third-order valence-corrected chi connectivity index (χ3v) is 5.50. The number of carbonyl (C=O) groups excluding carboxylic acids is 1. The van der Waals surface area contributed by atoms with Crippen molar-refractivity contribution in [3.05, 3.63) is 29.8 Å². The highest BCUT2D eigenvalue weighted by atomic mass is 32.2. The number of carbonyl (C=O) groups is 1. The molecule has 1 aromatic carbocycles. The number of nitrogens with zero attached hydrogens (tertiary/aromatic N) is 1. The van der Waals surface area contributed by atoms with E-state index in [-0.39, 0.29) is 11.3 Å². The van der Waals surface area contributed by atoms with E-state index >= 15 is 0 Å². The molecule has 98 valence electrons. The number of thioether (sulfide) groups is 3. The van der Waals surface area contributed by atoms with Crippen molar-refractivity contribution in [3.63, 3.8) is 0 Å². The molecule has 0 saturated carbocycles. The Morgan fingerprint density at radius 1 is 1.33 bits per heavy atom.